The minimum atomic E-state index is -3.00. The van der Waals surface area contributed by atoms with Crippen molar-refractivity contribution in [3.63, 3.8) is 0 Å². The highest BCUT2D eigenvalue weighted by atomic mass is 35.5. The van der Waals surface area contributed by atoms with Gasteiger partial charge in [0.1, 0.15) is 11.5 Å². The van der Waals surface area contributed by atoms with Crippen LogP contribution in [0.5, 0.6) is 11.5 Å². The van der Waals surface area contributed by atoms with Crippen LogP contribution in [0.1, 0.15) is 21.6 Å². The van der Waals surface area contributed by atoms with Crippen molar-refractivity contribution in [2.75, 3.05) is 0 Å². The highest BCUT2D eigenvalue weighted by molar-refractivity contribution is 6.36. The van der Waals surface area contributed by atoms with E-state index in [-0.39, 0.29) is 33.7 Å². The third kappa shape index (κ3) is 5.63. The van der Waals surface area contributed by atoms with Crippen molar-refractivity contribution in [2.45, 2.75) is 13.0 Å². The number of aromatic amines is 1. The smallest absolute Gasteiger partial charge is 0.387 e. The first-order valence-corrected chi connectivity index (χ1v) is 11.1. The van der Waals surface area contributed by atoms with Gasteiger partial charge in [0.15, 0.2) is 0 Å². The number of hydrogen-bond acceptors (Lipinski definition) is 6. The SMILES string of the molecule is O=C(O)c1nn(-c2cc(Cl)c(Cc3ccc(O)c(-c4cccc(OC(F)F)c4)c3)c(Cl)c2)c(=O)[nH]c1=O. The largest absolute Gasteiger partial charge is 0.507 e. The Kier molecular flexibility index (Phi) is 7.28. The fraction of sp³-hybridized carbons (Fsp3) is 0.0833. The molecule has 0 aliphatic heterocycles. The molecule has 0 bridgehead atoms. The lowest BCUT2D eigenvalue weighted by Gasteiger charge is -2.13. The average Bonchev–Trinajstić information content (AvgIpc) is 2.82. The van der Waals surface area contributed by atoms with Crippen LogP contribution < -0.4 is 16.0 Å². The molecule has 1 aromatic heterocycles. The Balaban J connectivity index is 1.69. The van der Waals surface area contributed by atoms with Gasteiger partial charge >= 0.3 is 18.3 Å². The van der Waals surface area contributed by atoms with Gasteiger partial charge in [-0.15, -0.1) is 0 Å². The number of aromatic carboxylic acids is 1. The Labute approximate surface area is 216 Å². The summed E-state index contributed by atoms with van der Waals surface area (Å²) in [6.07, 6.45) is 0.173. The number of carbonyl (C=O) groups is 1. The minimum absolute atomic E-state index is 0.0183. The maximum Gasteiger partial charge on any atom is 0.387 e. The number of phenols is 1. The highest BCUT2D eigenvalue weighted by Gasteiger charge is 2.18. The van der Waals surface area contributed by atoms with E-state index in [2.05, 4.69) is 9.84 Å². The number of carboxylic acid groups (broad SMARTS) is 1. The van der Waals surface area contributed by atoms with E-state index < -0.39 is 29.5 Å². The lowest BCUT2D eigenvalue weighted by molar-refractivity contribution is -0.0498. The first-order valence-electron chi connectivity index (χ1n) is 10.4. The second kappa shape index (κ2) is 10.4. The number of alkyl halides is 2. The van der Waals surface area contributed by atoms with E-state index >= 15 is 0 Å². The maximum absolute atomic E-state index is 12.6. The molecule has 190 valence electrons. The van der Waals surface area contributed by atoms with Crippen molar-refractivity contribution in [3.05, 3.63) is 102 Å². The van der Waals surface area contributed by atoms with E-state index in [0.717, 1.165) is 0 Å². The Morgan fingerprint density at radius 3 is 2.43 bits per heavy atom. The topological polar surface area (TPSA) is 135 Å². The van der Waals surface area contributed by atoms with Crippen LogP contribution in [0.25, 0.3) is 16.8 Å². The van der Waals surface area contributed by atoms with Gasteiger partial charge in [0.05, 0.1) is 5.69 Å². The second-order valence-electron chi connectivity index (χ2n) is 7.65. The van der Waals surface area contributed by atoms with Crippen LogP contribution in [0, 0.1) is 0 Å². The van der Waals surface area contributed by atoms with Gasteiger partial charge in [-0.3, -0.25) is 9.78 Å². The first kappa shape index (κ1) is 25.9. The predicted octanol–water partition coefficient (Wildman–Crippen LogP) is 4.49. The molecule has 0 unspecified atom stereocenters. The van der Waals surface area contributed by atoms with Crippen molar-refractivity contribution in [2.24, 2.45) is 0 Å². The molecule has 0 radical (unpaired) electrons. The molecule has 0 aliphatic carbocycles. The van der Waals surface area contributed by atoms with Gasteiger partial charge in [-0.2, -0.15) is 18.6 Å². The molecule has 0 fully saturated rings. The monoisotopic (exact) mass is 549 g/mol. The van der Waals surface area contributed by atoms with Crippen molar-refractivity contribution in [1.82, 2.24) is 14.8 Å². The van der Waals surface area contributed by atoms with Crippen molar-refractivity contribution in [3.8, 4) is 28.3 Å². The molecule has 0 atom stereocenters. The summed E-state index contributed by atoms with van der Waals surface area (Å²) in [6, 6.07) is 13.2. The number of hydrogen-bond donors (Lipinski definition) is 3. The van der Waals surface area contributed by atoms with E-state index in [0.29, 0.717) is 26.9 Å². The molecule has 0 aliphatic rings. The summed E-state index contributed by atoms with van der Waals surface area (Å²) in [6.45, 7) is -3.00. The molecule has 3 N–H and O–H groups in total. The van der Waals surface area contributed by atoms with E-state index in [1.54, 1.807) is 18.2 Å². The zero-order chi connectivity index (χ0) is 26.9. The number of nitrogens with zero attached hydrogens (tertiary/aromatic N) is 2. The lowest BCUT2D eigenvalue weighted by atomic mass is 9.98. The zero-order valence-electron chi connectivity index (χ0n) is 18.4. The van der Waals surface area contributed by atoms with Gasteiger partial charge in [0.25, 0.3) is 5.56 Å². The van der Waals surface area contributed by atoms with Gasteiger partial charge in [-0.25, -0.2) is 9.59 Å². The van der Waals surface area contributed by atoms with E-state index in [4.69, 9.17) is 28.3 Å². The van der Waals surface area contributed by atoms with Crippen LogP contribution in [0.15, 0.2) is 64.2 Å². The van der Waals surface area contributed by atoms with Gasteiger partial charge in [-0.1, -0.05) is 41.4 Å². The molecule has 9 nitrogen and oxygen atoms in total. The Hall–Kier alpha value is -4.22. The summed E-state index contributed by atoms with van der Waals surface area (Å²) in [7, 11) is 0. The number of aromatic nitrogens is 3. The molecule has 4 rings (SSSR count). The number of halogens is 4. The molecular formula is C24H15Cl2F2N3O6. The van der Waals surface area contributed by atoms with Crippen molar-refractivity contribution < 1.29 is 28.5 Å². The van der Waals surface area contributed by atoms with E-state index in [9.17, 15) is 28.3 Å². The number of H-pyrrole nitrogens is 1. The molecule has 37 heavy (non-hydrogen) atoms. The highest BCUT2D eigenvalue weighted by Crippen LogP contribution is 2.35. The zero-order valence-corrected chi connectivity index (χ0v) is 19.9. The molecule has 1 heterocycles. The molecular weight excluding hydrogens is 535 g/mol. The Bertz CT molecular complexity index is 1610. The number of rotatable bonds is 7. The van der Waals surface area contributed by atoms with Crippen LogP contribution in [0.2, 0.25) is 10.0 Å². The quantitative estimate of drug-likeness (QED) is 0.309. The fourth-order valence-corrected chi connectivity index (χ4v) is 4.17. The summed E-state index contributed by atoms with van der Waals surface area (Å²) in [5, 5.41) is 23.3. The fourth-order valence-electron chi connectivity index (χ4n) is 3.56. The molecule has 0 spiro atoms. The third-order valence-electron chi connectivity index (χ3n) is 5.21. The maximum atomic E-state index is 12.6. The summed E-state index contributed by atoms with van der Waals surface area (Å²) in [5.41, 5.74) is -1.14. The number of ether oxygens (including phenoxy) is 1. The third-order valence-corrected chi connectivity index (χ3v) is 5.89. The van der Waals surface area contributed by atoms with E-state index in [1.807, 2.05) is 4.98 Å². The standard InChI is InChI=1S/C24H15Cl2F2N3O6/c25-17-9-13(31-24(36)29-21(33)20(30-31)22(34)35)10-18(26)16(17)7-11-4-5-19(32)15(6-11)12-2-1-3-14(8-12)37-23(27)28/h1-6,8-10,23,32H,7H2,(H,34,35)(H,29,33,36). The number of aromatic hydroxyl groups is 1. The van der Waals surface area contributed by atoms with Crippen LogP contribution in [-0.2, 0) is 6.42 Å². The summed E-state index contributed by atoms with van der Waals surface area (Å²) in [4.78, 5) is 36.9. The van der Waals surface area contributed by atoms with Gasteiger partial charge in [-0.05, 0) is 53.1 Å². The van der Waals surface area contributed by atoms with Gasteiger partial charge < -0.3 is 14.9 Å². The summed E-state index contributed by atoms with van der Waals surface area (Å²) >= 11 is 12.8. The van der Waals surface area contributed by atoms with Crippen LogP contribution in [0.3, 0.4) is 0 Å². The first-order chi connectivity index (χ1) is 17.5. The predicted molar refractivity (Wildman–Crippen MR) is 130 cm³/mol. The molecule has 13 heteroatoms. The summed E-state index contributed by atoms with van der Waals surface area (Å²) in [5.74, 6) is -1.79. The lowest BCUT2D eigenvalue weighted by Crippen LogP contribution is -2.35. The van der Waals surface area contributed by atoms with Crippen LogP contribution in [0.4, 0.5) is 8.78 Å². The second-order valence-corrected chi connectivity index (χ2v) is 8.46. The van der Waals surface area contributed by atoms with Crippen molar-refractivity contribution >= 4 is 29.2 Å². The van der Waals surface area contributed by atoms with E-state index in [1.165, 1.54) is 36.4 Å². The average molecular weight is 550 g/mol. The number of carboxylic acids is 1. The molecule has 0 saturated carbocycles. The number of phenolic OH excluding ortho intramolecular Hbond substituents is 1. The van der Waals surface area contributed by atoms with Crippen molar-refractivity contribution in [1.29, 1.82) is 0 Å². The van der Waals surface area contributed by atoms with Crippen LogP contribution >= 0.6 is 23.2 Å². The Morgan fingerprint density at radius 2 is 1.78 bits per heavy atom. The molecule has 4 aromatic rings. The minimum Gasteiger partial charge on any atom is -0.507 e. The van der Waals surface area contributed by atoms with Gasteiger partial charge in [0.2, 0.25) is 5.69 Å². The van der Waals surface area contributed by atoms with Crippen LogP contribution in [-0.4, -0.2) is 37.6 Å². The normalized spacial score (nSPS) is 11.1. The number of benzene rings is 3. The molecule has 0 saturated heterocycles. The molecule has 3 aromatic carbocycles. The summed E-state index contributed by atoms with van der Waals surface area (Å²) < 4.78 is 30.3. The molecule has 0 amide bonds. The van der Waals surface area contributed by atoms with Gasteiger partial charge in [0, 0.05) is 22.0 Å². The Morgan fingerprint density at radius 1 is 1.08 bits per heavy atom. The number of nitrogens with one attached hydrogen (secondary N) is 1.